The molecule has 4 N–H and O–H groups in total. The van der Waals surface area contributed by atoms with E-state index in [1.54, 1.807) is 11.3 Å². The molecule has 0 aromatic carbocycles. The van der Waals surface area contributed by atoms with Gasteiger partial charge in [0.05, 0.1) is 10.4 Å². The standard InChI is InChI=1S/C11H19ClN2OS/c1-7(6-15)8(2)14-9(5-13)10-3-4-11(12)16-10/h3-4,7-9,14-15H,5-6,13H2,1-2H3. The highest BCUT2D eigenvalue weighted by atomic mass is 35.5. The average Bonchev–Trinajstić information content (AvgIpc) is 2.71. The van der Waals surface area contributed by atoms with Gasteiger partial charge in [-0.25, -0.2) is 0 Å². The number of aliphatic hydroxyl groups excluding tert-OH is 1. The summed E-state index contributed by atoms with van der Waals surface area (Å²) >= 11 is 7.44. The molecule has 0 aliphatic heterocycles. The van der Waals surface area contributed by atoms with Gasteiger partial charge in [0.1, 0.15) is 0 Å². The van der Waals surface area contributed by atoms with Crippen LogP contribution < -0.4 is 11.1 Å². The molecule has 1 aromatic rings. The van der Waals surface area contributed by atoms with Crippen molar-refractivity contribution in [3.63, 3.8) is 0 Å². The normalized spacial score (nSPS) is 17.1. The SMILES string of the molecule is CC(CO)C(C)NC(CN)c1ccc(Cl)s1. The summed E-state index contributed by atoms with van der Waals surface area (Å²) in [6.45, 7) is 4.77. The highest BCUT2D eigenvalue weighted by Gasteiger charge is 2.18. The summed E-state index contributed by atoms with van der Waals surface area (Å²) in [5, 5.41) is 12.5. The number of thiophene rings is 1. The summed E-state index contributed by atoms with van der Waals surface area (Å²) in [7, 11) is 0. The summed E-state index contributed by atoms with van der Waals surface area (Å²) < 4.78 is 0.776. The molecule has 0 bridgehead atoms. The number of aliphatic hydroxyl groups is 1. The van der Waals surface area contributed by atoms with E-state index >= 15 is 0 Å². The van der Waals surface area contributed by atoms with Crippen molar-refractivity contribution in [3.05, 3.63) is 21.3 Å². The molecule has 1 heterocycles. The van der Waals surface area contributed by atoms with Crippen molar-refractivity contribution in [1.82, 2.24) is 5.32 Å². The fraction of sp³-hybridized carbons (Fsp3) is 0.636. The van der Waals surface area contributed by atoms with E-state index in [9.17, 15) is 0 Å². The number of halogens is 1. The minimum atomic E-state index is 0.112. The van der Waals surface area contributed by atoms with E-state index in [-0.39, 0.29) is 24.6 Å². The van der Waals surface area contributed by atoms with E-state index < -0.39 is 0 Å². The van der Waals surface area contributed by atoms with Gasteiger partial charge in [0.15, 0.2) is 0 Å². The molecule has 0 aliphatic rings. The van der Waals surface area contributed by atoms with Crippen LogP contribution in [0.25, 0.3) is 0 Å². The highest BCUT2D eigenvalue weighted by molar-refractivity contribution is 7.16. The summed E-state index contributed by atoms with van der Waals surface area (Å²) in [6.07, 6.45) is 0. The van der Waals surface area contributed by atoms with Gasteiger partial charge in [-0.05, 0) is 25.0 Å². The Morgan fingerprint density at radius 3 is 2.62 bits per heavy atom. The predicted octanol–water partition coefficient (Wildman–Crippen LogP) is 2.01. The van der Waals surface area contributed by atoms with Crippen LogP contribution in [-0.2, 0) is 0 Å². The Morgan fingerprint density at radius 2 is 2.19 bits per heavy atom. The van der Waals surface area contributed by atoms with Crippen LogP contribution in [0.1, 0.15) is 24.8 Å². The second-order valence-corrected chi connectivity index (χ2v) is 5.79. The highest BCUT2D eigenvalue weighted by Crippen LogP contribution is 2.27. The molecule has 1 rings (SSSR count). The minimum Gasteiger partial charge on any atom is -0.396 e. The second-order valence-electron chi connectivity index (χ2n) is 4.05. The van der Waals surface area contributed by atoms with Gasteiger partial charge in [-0.3, -0.25) is 0 Å². The molecular weight excluding hydrogens is 244 g/mol. The zero-order chi connectivity index (χ0) is 12.1. The summed E-state index contributed by atoms with van der Waals surface area (Å²) in [6, 6.07) is 4.21. The fourth-order valence-corrected chi connectivity index (χ4v) is 2.56. The van der Waals surface area contributed by atoms with Crippen molar-refractivity contribution in [2.75, 3.05) is 13.2 Å². The monoisotopic (exact) mass is 262 g/mol. The number of nitrogens with one attached hydrogen (secondary N) is 1. The van der Waals surface area contributed by atoms with Crippen LogP contribution >= 0.6 is 22.9 Å². The molecule has 0 radical (unpaired) electrons. The van der Waals surface area contributed by atoms with Crippen LogP contribution in [0.3, 0.4) is 0 Å². The topological polar surface area (TPSA) is 58.3 Å². The molecular formula is C11H19ClN2OS. The molecule has 5 heteroatoms. The molecule has 0 aliphatic carbocycles. The van der Waals surface area contributed by atoms with Gasteiger partial charge in [0.2, 0.25) is 0 Å². The van der Waals surface area contributed by atoms with E-state index in [0.29, 0.717) is 6.54 Å². The van der Waals surface area contributed by atoms with E-state index in [2.05, 4.69) is 12.2 Å². The van der Waals surface area contributed by atoms with Gasteiger partial charge in [-0.1, -0.05) is 18.5 Å². The largest absolute Gasteiger partial charge is 0.396 e. The number of nitrogens with two attached hydrogens (primary N) is 1. The van der Waals surface area contributed by atoms with Crippen LogP contribution in [0.4, 0.5) is 0 Å². The third-order valence-corrected chi connectivity index (χ3v) is 4.12. The Morgan fingerprint density at radius 1 is 1.50 bits per heavy atom. The number of rotatable bonds is 6. The van der Waals surface area contributed by atoms with Crippen LogP contribution in [0, 0.1) is 5.92 Å². The first kappa shape index (κ1) is 13.9. The maximum Gasteiger partial charge on any atom is 0.0931 e. The van der Waals surface area contributed by atoms with E-state index in [4.69, 9.17) is 22.4 Å². The van der Waals surface area contributed by atoms with Crippen molar-refractivity contribution in [1.29, 1.82) is 0 Å². The second kappa shape index (κ2) is 6.57. The maximum atomic E-state index is 9.08. The first-order valence-electron chi connectivity index (χ1n) is 5.40. The van der Waals surface area contributed by atoms with Crippen molar-refractivity contribution in [3.8, 4) is 0 Å². The van der Waals surface area contributed by atoms with Crippen molar-refractivity contribution in [2.24, 2.45) is 11.7 Å². The fourth-order valence-electron chi connectivity index (χ4n) is 1.42. The maximum absolute atomic E-state index is 9.08. The summed E-state index contributed by atoms with van der Waals surface area (Å²) in [5.74, 6) is 0.212. The molecule has 3 nitrogen and oxygen atoms in total. The zero-order valence-corrected chi connectivity index (χ0v) is 11.2. The van der Waals surface area contributed by atoms with Crippen LogP contribution in [0.5, 0.6) is 0 Å². The lowest BCUT2D eigenvalue weighted by Gasteiger charge is -2.25. The smallest absolute Gasteiger partial charge is 0.0931 e. The quantitative estimate of drug-likeness (QED) is 0.735. The Kier molecular flexibility index (Phi) is 5.72. The third-order valence-electron chi connectivity index (χ3n) is 2.78. The molecule has 0 spiro atoms. The molecule has 0 fully saturated rings. The Labute approximate surface area is 106 Å². The van der Waals surface area contributed by atoms with Gasteiger partial charge in [-0.15, -0.1) is 11.3 Å². The lowest BCUT2D eigenvalue weighted by Crippen LogP contribution is -2.39. The third kappa shape index (κ3) is 3.71. The molecule has 16 heavy (non-hydrogen) atoms. The molecule has 1 aromatic heterocycles. The molecule has 0 saturated heterocycles. The van der Waals surface area contributed by atoms with Crippen molar-refractivity contribution >= 4 is 22.9 Å². The Hall–Kier alpha value is -0.130. The van der Waals surface area contributed by atoms with E-state index in [1.165, 1.54) is 0 Å². The Bertz CT molecular complexity index is 319. The molecule has 3 unspecified atom stereocenters. The minimum absolute atomic E-state index is 0.112. The van der Waals surface area contributed by atoms with Gasteiger partial charge < -0.3 is 16.2 Å². The molecule has 3 atom stereocenters. The first-order valence-corrected chi connectivity index (χ1v) is 6.60. The van der Waals surface area contributed by atoms with E-state index in [0.717, 1.165) is 9.21 Å². The van der Waals surface area contributed by atoms with Crippen LogP contribution in [0.2, 0.25) is 4.34 Å². The summed E-state index contributed by atoms with van der Waals surface area (Å²) in [5.41, 5.74) is 5.74. The number of hydrogen-bond donors (Lipinski definition) is 3. The summed E-state index contributed by atoms with van der Waals surface area (Å²) in [4.78, 5) is 1.14. The molecule has 0 amide bonds. The predicted molar refractivity (Wildman–Crippen MR) is 70.0 cm³/mol. The van der Waals surface area contributed by atoms with Gasteiger partial charge in [0, 0.05) is 24.1 Å². The van der Waals surface area contributed by atoms with Crippen LogP contribution in [0.15, 0.2) is 12.1 Å². The number of hydrogen-bond acceptors (Lipinski definition) is 4. The zero-order valence-electron chi connectivity index (χ0n) is 9.61. The lowest BCUT2D eigenvalue weighted by molar-refractivity contribution is 0.201. The lowest BCUT2D eigenvalue weighted by atomic mass is 10.0. The molecule has 0 saturated carbocycles. The van der Waals surface area contributed by atoms with Gasteiger partial charge >= 0.3 is 0 Å². The van der Waals surface area contributed by atoms with Crippen molar-refractivity contribution < 1.29 is 5.11 Å². The van der Waals surface area contributed by atoms with Gasteiger partial charge in [-0.2, -0.15) is 0 Å². The van der Waals surface area contributed by atoms with E-state index in [1.807, 2.05) is 19.1 Å². The van der Waals surface area contributed by atoms with Gasteiger partial charge in [0.25, 0.3) is 0 Å². The first-order chi connectivity index (χ1) is 7.58. The average molecular weight is 263 g/mol. The van der Waals surface area contributed by atoms with Crippen LogP contribution in [-0.4, -0.2) is 24.3 Å². The Balaban J connectivity index is 2.62. The molecule has 92 valence electrons. The van der Waals surface area contributed by atoms with Crippen molar-refractivity contribution in [2.45, 2.75) is 25.9 Å².